The molecule has 3 aromatic carbocycles. The van der Waals surface area contributed by atoms with Crippen molar-refractivity contribution in [3.05, 3.63) is 90.5 Å². The molecular formula is C22H16N4. The van der Waals surface area contributed by atoms with E-state index >= 15 is 0 Å². The molecule has 0 aliphatic heterocycles. The highest BCUT2D eigenvalue weighted by atomic mass is 15.4. The molecule has 124 valence electrons. The molecule has 0 aliphatic rings. The second-order valence-electron chi connectivity index (χ2n) is 6.27. The normalized spacial score (nSPS) is 11.2. The molecule has 0 spiro atoms. The summed E-state index contributed by atoms with van der Waals surface area (Å²) in [7, 11) is 0. The third-order valence-electron chi connectivity index (χ3n) is 4.57. The molecule has 5 aromatic rings. The van der Waals surface area contributed by atoms with Gasteiger partial charge in [-0.25, -0.2) is 9.67 Å². The van der Waals surface area contributed by atoms with Crippen LogP contribution in [0.3, 0.4) is 0 Å². The fourth-order valence-electron chi connectivity index (χ4n) is 3.35. The number of benzene rings is 3. The molecule has 0 N–H and O–H groups in total. The van der Waals surface area contributed by atoms with Crippen molar-refractivity contribution in [1.29, 1.82) is 0 Å². The lowest BCUT2D eigenvalue weighted by atomic mass is 10.1. The summed E-state index contributed by atoms with van der Waals surface area (Å²) in [6.45, 7) is 0.680. The van der Waals surface area contributed by atoms with Gasteiger partial charge < -0.3 is 0 Å². The van der Waals surface area contributed by atoms with Crippen LogP contribution in [0, 0.1) is 0 Å². The molecule has 0 bridgehead atoms. The van der Waals surface area contributed by atoms with Gasteiger partial charge in [-0.1, -0.05) is 84.1 Å². The molecule has 4 nitrogen and oxygen atoms in total. The van der Waals surface area contributed by atoms with Crippen LogP contribution in [-0.2, 0) is 6.54 Å². The summed E-state index contributed by atoms with van der Waals surface area (Å²) in [5.74, 6) is 0. The standard InChI is InChI=1S/C22H16N4/c1-3-9-16(10-4-1)15-26-22-18-13-7-8-14-19(18)23-20(21(22)24-25-26)17-11-5-2-6-12-17/h1-14H,15H2. The van der Waals surface area contributed by atoms with E-state index in [1.165, 1.54) is 5.56 Å². The molecule has 26 heavy (non-hydrogen) atoms. The average Bonchev–Trinajstić information content (AvgIpc) is 3.13. The fraction of sp³-hybridized carbons (Fsp3) is 0.0455. The first-order valence-corrected chi connectivity index (χ1v) is 8.61. The third kappa shape index (κ3) is 2.43. The van der Waals surface area contributed by atoms with Crippen molar-refractivity contribution in [3.63, 3.8) is 0 Å². The fourth-order valence-corrected chi connectivity index (χ4v) is 3.35. The van der Waals surface area contributed by atoms with Crippen molar-refractivity contribution >= 4 is 21.9 Å². The Morgan fingerprint density at radius 2 is 1.42 bits per heavy atom. The molecular weight excluding hydrogens is 320 g/mol. The Balaban J connectivity index is 1.80. The van der Waals surface area contributed by atoms with Gasteiger partial charge >= 0.3 is 0 Å². The molecule has 5 rings (SSSR count). The summed E-state index contributed by atoms with van der Waals surface area (Å²) in [5.41, 5.74) is 5.94. The number of hydrogen-bond acceptors (Lipinski definition) is 3. The quantitative estimate of drug-likeness (QED) is 0.480. The molecule has 0 atom stereocenters. The zero-order valence-electron chi connectivity index (χ0n) is 14.1. The first-order valence-electron chi connectivity index (χ1n) is 8.61. The number of nitrogens with zero attached hydrogens (tertiary/aromatic N) is 4. The molecule has 0 saturated carbocycles. The molecule has 0 unspecified atom stereocenters. The maximum Gasteiger partial charge on any atom is 0.140 e. The summed E-state index contributed by atoms with van der Waals surface area (Å²) < 4.78 is 1.97. The first-order chi connectivity index (χ1) is 12.9. The van der Waals surface area contributed by atoms with Crippen LogP contribution in [-0.4, -0.2) is 20.0 Å². The molecule has 0 amide bonds. The van der Waals surface area contributed by atoms with E-state index in [-0.39, 0.29) is 0 Å². The highest BCUT2D eigenvalue weighted by Gasteiger charge is 2.16. The predicted molar refractivity (Wildman–Crippen MR) is 104 cm³/mol. The van der Waals surface area contributed by atoms with E-state index in [1.807, 2.05) is 59.3 Å². The van der Waals surface area contributed by atoms with Crippen LogP contribution in [0.5, 0.6) is 0 Å². The van der Waals surface area contributed by atoms with Crippen molar-refractivity contribution in [2.75, 3.05) is 0 Å². The lowest BCUT2D eigenvalue weighted by Crippen LogP contribution is -2.02. The van der Waals surface area contributed by atoms with Crippen LogP contribution in [0.25, 0.3) is 33.2 Å². The number of fused-ring (bicyclic) bond motifs is 3. The SMILES string of the molecule is c1ccc(Cn2nnc3c(-c4ccccc4)nc4ccccc4c32)cc1. The molecule has 4 heteroatoms. The van der Waals surface area contributed by atoms with E-state index in [0.29, 0.717) is 6.54 Å². The van der Waals surface area contributed by atoms with E-state index < -0.39 is 0 Å². The lowest BCUT2D eigenvalue weighted by Gasteiger charge is -2.08. The molecule has 2 heterocycles. The third-order valence-corrected chi connectivity index (χ3v) is 4.57. The van der Waals surface area contributed by atoms with E-state index in [0.717, 1.165) is 33.2 Å². The van der Waals surface area contributed by atoms with Gasteiger partial charge in [0.05, 0.1) is 12.1 Å². The molecule has 0 radical (unpaired) electrons. The summed E-state index contributed by atoms with van der Waals surface area (Å²) in [6.07, 6.45) is 0. The van der Waals surface area contributed by atoms with Crippen molar-refractivity contribution in [1.82, 2.24) is 20.0 Å². The van der Waals surface area contributed by atoms with Crippen LogP contribution in [0.15, 0.2) is 84.9 Å². The summed E-state index contributed by atoms with van der Waals surface area (Å²) >= 11 is 0. The van der Waals surface area contributed by atoms with Gasteiger partial charge in [0.25, 0.3) is 0 Å². The van der Waals surface area contributed by atoms with Gasteiger partial charge in [-0.3, -0.25) is 0 Å². The van der Waals surface area contributed by atoms with Crippen LogP contribution in [0.2, 0.25) is 0 Å². The maximum atomic E-state index is 4.88. The van der Waals surface area contributed by atoms with E-state index in [9.17, 15) is 0 Å². The number of pyridine rings is 1. The Bertz CT molecular complexity index is 1190. The second kappa shape index (κ2) is 6.08. The topological polar surface area (TPSA) is 43.6 Å². The van der Waals surface area contributed by atoms with E-state index in [4.69, 9.17) is 4.98 Å². The number of para-hydroxylation sites is 1. The number of aromatic nitrogens is 4. The van der Waals surface area contributed by atoms with Gasteiger partial charge in [-0.2, -0.15) is 0 Å². The minimum Gasteiger partial charge on any atom is -0.245 e. The highest BCUT2D eigenvalue weighted by Crippen LogP contribution is 2.31. The molecule has 0 saturated heterocycles. The van der Waals surface area contributed by atoms with Crippen LogP contribution in [0.1, 0.15) is 5.56 Å². The Morgan fingerprint density at radius 3 is 2.23 bits per heavy atom. The average molecular weight is 336 g/mol. The van der Waals surface area contributed by atoms with Crippen molar-refractivity contribution in [2.24, 2.45) is 0 Å². The van der Waals surface area contributed by atoms with Crippen molar-refractivity contribution in [3.8, 4) is 11.3 Å². The van der Waals surface area contributed by atoms with Gasteiger partial charge in [-0.15, -0.1) is 5.10 Å². The minimum absolute atomic E-state index is 0.680. The van der Waals surface area contributed by atoms with Crippen LogP contribution >= 0.6 is 0 Å². The Labute approximate surface area is 150 Å². The summed E-state index contributed by atoms with van der Waals surface area (Å²) in [6, 6.07) is 28.7. The Kier molecular flexibility index (Phi) is 3.46. The molecule has 0 fully saturated rings. The molecule has 2 aromatic heterocycles. The zero-order valence-corrected chi connectivity index (χ0v) is 14.1. The van der Waals surface area contributed by atoms with Gasteiger partial charge in [0.15, 0.2) is 0 Å². The predicted octanol–water partition coefficient (Wildman–Crippen LogP) is 4.69. The van der Waals surface area contributed by atoms with Crippen LogP contribution < -0.4 is 0 Å². The maximum absolute atomic E-state index is 4.88. The number of hydrogen-bond donors (Lipinski definition) is 0. The van der Waals surface area contributed by atoms with Gasteiger partial charge in [0, 0.05) is 10.9 Å². The summed E-state index contributed by atoms with van der Waals surface area (Å²) in [5, 5.41) is 10.0. The van der Waals surface area contributed by atoms with Crippen molar-refractivity contribution < 1.29 is 0 Å². The largest absolute Gasteiger partial charge is 0.245 e. The smallest absolute Gasteiger partial charge is 0.140 e. The zero-order chi connectivity index (χ0) is 17.3. The van der Waals surface area contributed by atoms with Gasteiger partial charge in [0.1, 0.15) is 16.7 Å². The lowest BCUT2D eigenvalue weighted by molar-refractivity contribution is 0.671. The van der Waals surface area contributed by atoms with Gasteiger partial charge in [0.2, 0.25) is 0 Å². The highest BCUT2D eigenvalue weighted by molar-refractivity contribution is 6.07. The monoisotopic (exact) mass is 336 g/mol. The van der Waals surface area contributed by atoms with Crippen molar-refractivity contribution in [2.45, 2.75) is 6.54 Å². The summed E-state index contributed by atoms with van der Waals surface area (Å²) in [4.78, 5) is 4.88. The van der Waals surface area contributed by atoms with Crippen LogP contribution in [0.4, 0.5) is 0 Å². The van der Waals surface area contributed by atoms with E-state index in [1.54, 1.807) is 0 Å². The number of rotatable bonds is 3. The van der Waals surface area contributed by atoms with E-state index in [2.05, 4.69) is 40.6 Å². The van der Waals surface area contributed by atoms with Gasteiger partial charge in [-0.05, 0) is 11.6 Å². The first kappa shape index (κ1) is 14.8. The molecule has 0 aliphatic carbocycles. The Morgan fingerprint density at radius 1 is 0.731 bits per heavy atom. The Hall–Kier alpha value is -3.53. The second-order valence-corrected chi connectivity index (χ2v) is 6.27. The minimum atomic E-state index is 0.680.